The molecule has 0 atom stereocenters. The van der Waals surface area contributed by atoms with Gasteiger partial charge in [-0.15, -0.1) is 0 Å². The van der Waals surface area contributed by atoms with Crippen LogP contribution >= 0.6 is 11.6 Å². The zero-order valence-electron chi connectivity index (χ0n) is 10.5. The van der Waals surface area contributed by atoms with Crippen LogP contribution < -0.4 is 5.73 Å². The highest BCUT2D eigenvalue weighted by Crippen LogP contribution is 2.30. The van der Waals surface area contributed by atoms with E-state index in [1.165, 1.54) is 16.4 Å². The summed E-state index contributed by atoms with van der Waals surface area (Å²) in [6.45, 7) is 0.534. The highest BCUT2D eigenvalue weighted by atomic mass is 35.5. The molecule has 1 aliphatic rings. The lowest BCUT2D eigenvalue weighted by molar-refractivity contribution is -0.387. The van der Waals surface area contributed by atoms with Crippen molar-refractivity contribution in [2.45, 2.75) is 23.8 Å². The van der Waals surface area contributed by atoms with Crippen LogP contribution in [-0.4, -0.2) is 36.8 Å². The maximum Gasteiger partial charge on any atom is 0.290 e. The van der Waals surface area contributed by atoms with Crippen LogP contribution in [0.2, 0.25) is 5.02 Å². The van der Waals surface area contributed by atoms with E-state index in [1.807, 2.05) is 0 Å². The third-order valence-electron chi connectivity index (χ3n) is 3.23. The monoisotopic (exact) mass is 319 g/mol. The quantitative estimate of drug-likeness (QED) is 0.668. The molecule has 0 radical (unpaired) electrons. The van der Waals surface area contributed by atoms with Gasteiger partial charge in [-0.2, -0.15) is 4.31 Å². The minimum atomic E-state index is -3.90. The van der Waals surface area contributed by atoms with Crippen LogP contribution in [0.1, 0.15) is 12.8 Å². The number of hydrogen-bond donors (Lipinski definition) is 1. The summed E-state index contributed by atoms with van der Waals surface area (Å²) in [4.78, 5) is 9.93. The van der Waals surface area contributed by atoms with Crippen LogP contribution in [-0.2, 0) is 10.0 Å². The number of nitrogens with two attached hydrogens (primary N) is 1. The Hall–Kier alpha value is -1.22. The van der Waals surface area contributed by atoms with Gasteiger partial charge in [0, 0.05) is 30.2 Å². The van der Waals surface area contributed by atoms with Crippen molar-refractivity contribution < 1.29 is 13.3 Å². The SMILES string of the molecule is NC1CCN(S(=O)(=O)c2ccc(Cl)cc2[N+](=O)[O-])CC1. The molecule has 7 nitrogen and oxygen atoms in total. The molecule has 0 saturated carbocycles. The Morgan fingerprint density at radius 3 is 2.50 bits per heavy atom. The molecule has 0 aliphatic carbocycles. The minimum Gasteiger partial charge on any atom is -0.328 e. The van der Waals surface area contributed by atoms with Crippen LogP contribution in [0.25, 0.3) is 0 Å². The predicted octanol–water partition coefficient (Wildman–Crippen LogP) is 1.36. The van der Waals surface area contributed by atoms with Crippen LogP contribution in [0.3, 0.4) is 0 Å². The maximum atomic E-state index is 12.5. The summed E-state index contributed by atoms with van der Waals surface area (Å²) >= 11 is 5.69. The van der Waals surface area contributed by atoms with E-state index in [1.54, 1.807) is 0 Å². The number of rotatable bonds is 3. The average Bonchev–Trinajstić information content (AvgIpc) is 2.38. The molecule has 1 heterocycles. The Morgan fingerprint density at radius 1 is 1.35 bits per heavy atom. The van der Waals surface area contributed by atoms with Gasteiger partial charge in [0.15, 0.2) is 4.90 Å². The Morgan fingerprint density at radius 2 is 1.95 bits per heavy atom. The number of benzene rings is 1. The summed E-state index contributed by atoms with van der Waals surface area (Å²) in [7, 11) is -3.90. The molecular formula is C11H14ClN3O4S. The molecule has 1 saturated heterocycles. The average molecular weight is 320 g/mol. The van der Waals surface area contributed by atoms with Gasteiger partial charge < -0.3 is 5.73 Å². The van der Waals surface area contributed by atoms with E-state index in [0.717, 1.165) is 6.07 Å². The number of halogens is 1. The normalized spacial score (nSPS) is 18.1. The molecule has 0 spiro atoms. The van der Waals surface area contributed by atoms with Gasteiger partial charge in [0.1, 0.15) is 0 Å². The zero-order chi connectivity index (χ0) is 14.9. The minimum absolute atomic E-state index is 0.0262. The lowest BCUT2D eigenvalue weighted by Gasteiger charge is -2.29. The summed E-state index contributed by atoms with van der Waals surface area (Å²) in [5.74, 6) is 0. The number of nitro groups is 1. The fourth-order valence-corrected chi connectivity index (χ4v) is 3.88. The standard InChI is InChI=1S/C11H14ClN3O4S/c12-8-1-2-11(10(7-8)15(16)17)20(18,19)14-5-3-9(13)4-6-14/h1-2,7,9H,3-6,13H2. The molecule has 0 bridgehead atoms. The fourth-order valence-electron chi connectivity index (χ4n) is 2.11. The molecule has 110 valence electrons. The lowest BCUT2D eigenvalue weighted by atomic mass is 10.1. The first-order chi connectivity index (χ1) is 9.32. The van der Waals surface area contributed by atoms with Gasteiger partial charge in [-0.25, -0.2) is 8.42 Å². The molecule has 0 amide bonds. The van der Waals surface area contributed by atoms with E-state index in [-0.39, 0.29) is 29.0 Å². The second kappa shape index (κ2) is 5.65. The van der Waals surface area contributed by atoms with Gasteiger partial charge in [0.25, 0.3) is 5.69 Å². The molecule has 2 N–H and O–H groups in total. The number of hydrogen-bond acceptors (Lipinski definition) is 5. The molecule has 1 aromatic rings. The van der Waals surface area contributed by atoms with Crippen molar-refractivity contribution in [3.8, 4) is 0 Å². The second-order valence-corrected chi connectivity index (χ2v) is 6.95. The third-order valence-corrected chi connectivity index (χ3v) is 5.42. The van der Waals surface area contributed by atoms with E-state index in [2.05, 4.69) is 0 Å². The number of nitro benzene ring substituents is 1. The molecule has 20 heavy (non-hydrogen) atoms. The van der Waals surface area contributed by atoms with Crippen molar-refractivity contribution in [3.05, 3.63) is 33.3 Å². The van der Waals surface area contributed by atoms with E-state index >= 15 is 0 Å². The summed E-state index contributed by atoms with van der Waals surface area (Å²) in [5, 5.41) is 11.1. The Bertz CT molecular complexity index is 627. The topological polar surface area (TPSA) is 107 Å². The highest BCUT2D eigenvalue weighted by molar-refractivity contribution is 7.89. The van der Waals surface area contributed by atoms with Gasteiger partial charge in [-0.3, -0.25) is 10.1 Å². The third kappa shape index (κ3) is 2.93. The van der Waals surface area contributed by atoms with E-state index in [0.29, 0.717) is 12.8 Å². The smallest absolute Gasteiger partial charge is 0.290 e. The fraction of sp³-hybridized carbons (Fsp3) is 0.455. The first-order valence-corrected chi connectivity index (χ1v) is 7.84. The predicted molar refractivity (Wildman–Crippen MR) is 74.1 cm³/mol. The van der Waals surface area contributed by atoms with Gasteiger partial charge in [-0.1, -0.05) is 11.6 Å². The zero-order valence-corrected chi connectivity index (χ0v) is 12.1. The van der Waals surface area contributed by atoms with Crippen molar-refractivity contribution in [1.29, 1.82) is 0 Å². The Labute approximate surface area is 121 Å². The largest absolute Gasteiger partial charge is 0.328 e. The highest BCUT2D eigenvalue weighted by Gasteiger charge is 2.33. The van der Waals surface area contributed by atoms with Crippen molar-refractivity contribution >= 4 is 27.3 Å². The van der Waals surface area contributed by atoms with Crippen LogP contribution in [0.4, 0.5) is 5.69 Å². The van der Waals surface area contributed by atoms with Crippen molar-refractivity contribution in [1.82, 2.24) is 4.31 Å². The molecule has 0 unspecified atom stereocenters. The molecule has 9 heteroatoms. The van der Waals surface area contributed by atoms with Crippen LogP contribution in [0.15, 0.2) is 23.1 Å². The molecular weight excluding hydrogens is 306 g/mol. The van der Waals surface area contributed by atoms with Crippen molar-refractivity contribution in [3.63, 3.8) is 0 Å². The summed E-state index contributed by atoms with van der Waals surface area (Å²) in [6.07, 6.45) is 1.08. The van der Waals surface area contributed by atoms with Gasteiger partial charge in [0.05, 0.1) is 4.92 Å². The number of sulfonamides is 1. The summed E-state index contributed by atoms with van der Waals surface area (Å²) in [6, 6.07) is 3.52. The molecule has 2 rings (SSSR count). The Balaban J connectivity index is 2.42. The van der Waals surface area contributed by atoms with E-state index in [4.69, 9.17) is 17.3 Å². The number of nitrogens with zero attached hydrogens (tertiary/aromatic N) is 2. The van der Waals surface area contributed by atoms with Gasteiger partial charge in [0.2, 0.25) is 10.0 Å². The number of piperidine rings is 1. The maximum absolute atomic E-state index is 12.5. The first-order valence-electron chi connectivity index (χ1n) is 6.02. The lowest BCUT2D eigenvalue weighted by Crippen LogP contribution is -2.42. The molecule has 1 fully saturated rings. The van der Waals surface area contributed by atoms with Crippen molar-refractivity contribution in [2.75, 3.05) is 13.1 Å². The summed E-state index contributed by atoms with van der Waals surface area (Å²) in [5.41, 5.74) is 5.22. The van der Waals surface area contributed by atoms with Crippen molar-refractivity contribution in [2.24, 2.45) is 5.73 Å². The van der Waals surface area contributed by atoms with Crippen LogP contribution in [0, 0.1) is 10.1 Å². The van der Waals surface area contributed by atoms with Gasteiger partial charge >= 0.3 is 0 Å². The Kier molecular flexibility index (Phi) is 4.28. The van der Waals surface area contributed by atoms with E-state index in [9.17, 15) is 18.5 Å². The second-order valence-electron chi connectivity index (χ2n) is 4.61. The molecule has 1 aromatic carbocycles. The molecule has 0 aromatic heterocycles. The van der Waals surface area contributed by atoms with Crippen LogP contribution in [0.5, 0.6) is 0 Å². The summed E-state index contributed by atoms with van der Waals surface area (Å²) < 4.78 is 26.2. The van der Waals surface area contributed by atoms with Gasteiger partial charge in [-0.05, 0) is 25.0 Å². The first kappa shape index (κ1) is 15.2. The van der Waals surface area contributed by atoms with E-state index < -0.39 is 20.6 Å². The molecule has 1 aliphatic heterocycles.